The van der Waals surface area contributed by atoms with Gasteiger partial charge in [-0.05, 0) is 49.1 Å². The van der Waals surface area contributed by atoms with Crippen molar-refractivity contribution in [1.82, 2.24) is 0 Å². The van der Waals surface area contributed by atoms with Gasteiger partial charge in [-0.25, -0.2) is 0 Å². The van der Waals surface area contributed by atoms with Crippen LogP contribution in [0, 0.1) is 5.41 Å². The highest BCUT2D eigenvalue weighted by atomic mass is 32.1. The summed E-state index contributed by atoms with van der Waals surface area (Å²) in [6.07, 6.45) is 1.61. The second-order valence-electron chi connectivity index (χ2n) is 4.12. The van der Waals surface area contributed by atoms with Crippen molar-refractivity contribution in [3.63, 3.8) is 0 Å². The van der Waals surface area contributed by atoms with Gasteiger partial charge >= 0.3 is 5.97 Å². The fraction of sp³-hybridized carbons (Fsp3) is 0.583. The molecule has 0 bridgehead atoms. The Balaban J connectivity index is 2.56. The van der Waals surface area contributed by atoms with Crippen LogP contribution in [0.15, 0.2) is 16.8 Å². The topological polar surface area (TPSA) is 52.3 Å². The maximum atomic E-state index is 11.8. The first kappa shape index (κ1) is 13.2. The molecule has 1 rings (SSSR count). The third-order valence-corrected chi connectivity index (χ3v) is 3.50. The summed E-state index contributed by atoms with van der Waals surface area (Å²) in [5.41, 5.74) is 6.38. The molecule has 1 aromatic rings. The molecule has 0 saturated carbocycles. The molecule has 0 aliphatic heterocycles. The number of rotatable bonds is 6. The van der Waals surface area contributed by atoms with Crippen molar-refractivity contribution >= 4 is 17.3 Å². The lowest BCUT2D eigenvalue weighted by atomic mass is 9.84. The molecule has 0 aromatic carbocycles. The molecule has 0 saturated heterocycles. The number of thiophene rings is 1. The largest absolute Gasteiger partial charge is 0.466 e. The Bertz CT molecular complexity index is 324. The molecular formula is C12H19NO2S. The predicted octanol–water partition coefficient (Wildman–Crippen LogP) is 2.21. The van der Waals surface area contributed by atoms with Gasteiger partial charge in [-0.3, -0.25) is 4.79 Å². The van der Waals surface area contributed by atoms with Crippen molar-refractivity contribution in [3.05, 3.63) is 22.4 Å². The SMILES string of the molecule is CCOC(=O)C(C)(CN)CCc1ccsc1. The summed E-state index contributed by atoms with van der Waals surface area (Å²) in [7, 11) is 0. The lowest BCUT2D eigenvalue weighted by Gasteiger charge is -2.25. The van der Waals surface area contributed by atoms with Crippen LogP contribution in [0.3, 0.4) is 0 Å². The van der Waals surface area contributed by atoms with Gasteiger partial charge in [-0.2, -0.15) is 11.3 Å². The van der Waals surface area contributed by atoms with Crippen molar-refractivity contribution in [3.8, 4) is 0 Å². The van der Waals surface area contributed by atoms with Crippen LogP contribution in [-0.4, -0.2) is 19.1 Å². The van der Waals surface area contributed by atoms with Gasteiger partial charge in [0.15, 0.2) is 0 Å². The summed E-state index contributed by atoms with van der Waals surface area (Å²) in [6, 6.07) is 2.08. The van der Waals surface area contributed by atoms with E-state index in [-0.39, 0.29) is 5.97 Å². The first-order chi connectivity index (χ1) is 7.62. The number of nitrogens with two attached hydrogens (primary N) is 1. The monoisotopic (exact) mass is 241 g/mol. The quantitative estimate of drug-likeness (QED) is 0.777. The van der Waals surface area contributed by atoms with Gasteiger partial charge in [-0.15, -0.1) is 0 Å². The third kappa shape index (κ3) is 3.32. The average molecular weight is 241 g/mol. The molecule has 0 aliphatic rings. The molecule has 3 nitrogen and oxygen atoms in total. The molecule has 2 N–H and O–H groups in total. The highest BCUT2D eigenvalue weighted by Gasteiger charge is 2.32. The van der Waals surface area contributed by atoms with Crippen LogP contribution in [0.2, 0.25) is 0 Å². The van der Waals surface area contributed by atoms with Crippen LogP contribution in [0.4, 0.5) is 0 Å². The van der Waals surface area contributed by atoms with E-state index in [9.17, 15) is 4.79 Å². The van der Waals surface area contributed by atoms with Crippen LogP contribution >= 0.6 is 11.3 Å². The Labute approximate surface area is 101 Å². The number of carbonyl (C=O) groups excluding carboxylic acids is 1. The molecule has 1 heterocycles. The van der Waals surface area contributed by atoms with Crippen LogP contribution in [0.5, 0.6) is 0 Å². The lowest BCUT2D eigenvalue weighted by Crippen LogP contribution is -2.37. The van der Waals surface area contributed by atoms with E-state index in [1.165, 1.54) is 5.56 Å². The Morgan fingerprint density at radius 1 is 1.62 bits per heavy atom. The van der Waals surface area contributed by atoms with E-state index in [1.54, 1.807) is 11.3 Å². The van der Waals surface area contributed by atoms with Crippen LogP contribution < -0.4 is 5.73 Å². The number of hydrogen-bond donors (Lipinski definition) is 1. The van der Waals surface area contributed by atoms with E-state index >= 15 is 0 Å². The van der Waals surface area contributed by atoms with E-state index in [1.807, 2.05) is 19.2 Å². The third-order valence-electron chi connectivity index (χ3n) is 2.76. The first-order valence-electron chi connectivity index (χ1n) is 5.51. The highest BCUT2D eigenvalue weighted by Crippen LogP contribution is 2.25. The summed E-state index contributed by atoms with van der Waals surface area (Å²) in [5, 5.41) is 4.14. The maximum absolute atomic E-state index is 11.8. The van der Waals surface area contributed by atoms with E-state index in [0.29, 0.717) is 13.2 Å². The fourth-order valence-electron chi connectivity index (χ4n) is 1.45. The summed E-state index contributed by atoms with van der Waals surface area (Å²) < 4.78 is 5.05. The zero-order valence-electron chi connectivity index (χ0n) is 9.86. The summed E-state index contributed by atoms with van der Waals surface area (Å²) in [4.78, 5) is 11.8. The molecule has 90 valence electrons. The zero-order chi connectivity index (χ0) is 12.0. The molecule has 0 aliphatic carbocycles. The van der Waals surface area contributed by atoms with Crippen molar-refractivity contribution < 1.29 is 9.53 Å². The molecular weight excluding hydrogens is 222 g/mol. The summed E-state index contributed by atoms with van der Waals surface area (Å²) in [6.45, 7) is 4.42. The van der Waals surface area contributed by atoms with Gasteiger partial charge in [0.05, 0.1) is 12.0 Å². The second kappa shape index (κ2) is 6.01. The number of hydrogen-bond acceptors (Lipinski definition) is 4. The maximum Gasteiger partial charge on any atom is 0.313 e. The first-order valence-corrected chi connectivity index (χ1v) is 6.45. The molecule has 0 radical (unpaired) electrons. The van der Waals surface area contributed by atoms with E-state index < -0.39 is 5.41 Å². The lowest BCUT2D eigenvalue weighted by molar-refractivity contribution is -0.154. The molecule has 0 amide bonds. The minimum Gasteiger partial charge on any atom is -0.466 e. The fourth-order valence-corrected chi connectivity index (χ4v) is 2.15. The Morgan fingerprint density at radius 3 is 2.88 bits per heavy atom. The average Bonchev–Trinajstić information content (AvgIpc) is 2.79. The Hall–Kier alpha value is -0.870. The molecule has 1 aromatic heterocycles. The number of aryl methyl sites for hydroxylation is 1. The molecule has 1 atom stereocenters. The predicted molar refractivity (Wildman–Crippen MR) is 66.4 cm³/mol. The van der Waals surface area contributed by atoms with Gasteiger partial charge in [0.25, 0.3) is 0 Å². The summed E-state index contributed by atoms with van der Waals surface area (Å²) in [5.74, 6) is -0.187. The van der Waals surface area contributed by atoms with Gasteiger partial charge in [0, 0.05) is 6.54 Å². The molecule has 0 spiro atoms. The van der Waals surface area contributed by atoms with Gasteiger partial charge in [-0.1, -0.05) is 0 Å². The van der Waals surface area contributed by atoms with Gasteiger partial charge in [0.2, 0.25) is 0 Å². The molecule has 4 heteroatoms. The summed E-state index contributed by atoms with van der Waals surface area (Å²) >= 11 is 1.67. The van der Waals surface area contributed by atoms with Crippen molar-refractivity contribution in [2.75, 3.05) is 13.2 Å². The van der Waals surface area contributed by atoms with Crippen molar-refractivity contribution in [2.24, 2.45) is 11.1 Å². The molecule has 1 unspecified atom stereocenters. The van der Waals surface area contributed by atoms with Crippen molar-refractivity contribution in [2.45, 2.75) is 26.7 Å². The Kier molecular flexibility index (Phi) is 4.96. The van der Waals surface area contributed by atoms with E-state index in [4.69, 9.17) is 10.5 Å². The number of ether oxygens (including phenoxy) is 1. The van der Waals surface area contributed by atoms with Crippen LogP contribution in [0.25, 0.3) is 0 Å². The minimum absolute atomic E-state index is 0.187. The normalized spacial score (nSPS) is 14.4. The van der Waals surface area contributed by atoms with Gasteiger partial charge < -0.3 is 10.5 Å². The van der Waals surface area contributed by atoms with E-state index in [0.717, 1.165) is 12.8 Å². The zero-order valence-corrected chi connectivity index (χ0v) is 10.7. The standard InChI is InChI=1S/C12H19NO2S/c1-3-15-11(14)12(2,9-13)6-4-10-5-7-16-8-10/h5,7-8H,3-4,6,9,13H2,1-2H3. The van der Waals surface area contributed by atoms with Crippen LogP contribution in [0.1, 0.15) is 25.8 Å². The highest BCUT2D eigenvalue weighted by molar-refractivity contribution is 7.07. The number of carbonyl (C=O) groups is 1. The molecule has 16 heavy (non-hydrogen) atoms. The minimum atomic E-state index is -0.558. The van der Waals surface area contributed by atoms with Crippen molar-refractivity contribution in [1.29, 1.82) is 0 Å². The molecule has 0 fully saturated rings. The smallest absolute Gasteiger partial charge is 0.313 e. The van der Waals surface area contributed by atoms with E-state index in [2.05, 4.69) is 11.4 Å². The second-order valence-corrected chi connectivity index (χ2v) is 4.90. The Morgan fingerprint density at radius 2 is 2.38 bits per heavy atom. The number of esters is 1. The van der Waals surface area contributed by atoms with Crippen LogP contribution in [-0.2, 0) is 16.0 Å². The van der Waals surface area contributed by atoms with Gasteiger partial charge in [0.1, 0.15) is 0 Å².